The minimum absolute atomic E-state index is 0.211. The molecule has 1 amide bonds. The Kier molecular flexibility index (Phi) is 11.2. The first kappa shape index (κ1) is 22.9. The number of carbonyl (C=O) groups is 1. The maximum atomic E-state index is 12.8. The molecule has 0 saturated heterocycles. The Morgan fingerprint density at radius 2 is 1.43 bits per heavy atom. The van der Waals surface area contributed by atoms with Crippen LogP contribution in [0.5, 0.6) is 0 Å². The van der Waals surface area contributed by atoms with Crippen molar-refractivity contribution >= 4 is 11.7 Å². The summed E-state index contributed by atoms with van der Waals surface area (Å²) >= 11 is 0. The van der Waals surface area contributed by atoms with E-state index >= 15 is 0 Å². The summed E-state index contributed by atoms with van der Waals surface area (Å²) in [7, 11) is 0. The molecule has 0 aliphatic carbocycles. The van der Waals surface area contributed by atoms with Crippen LogP contribution in [0.3, 0.4) is 0 Å². The minimum atomic E-state index is 0.211. The summed E-state index contributed by atoms with van der Waals surface area (Å²) in [6.07, 6.45) is 18.6. The summed E-state index contributed by atoms with van der Waals surface area (Å²) in [5.74, 6) is 1.08. The normalized spacial score (nSPS) is 14.0. The van der Waals surface area contributed by atoms with E-state index in [1.165, 1.54) is 69.8 Å². The highest BCUT2D eigenvalue weighted by atomic mass is 16.2. The summed E-state index contributed by atoms with van der Waals surface area (Å²) in [5.41, 5.74) is 1.21. The molecule has 2 heterocycles. The molecule has 158 valence electrons. The van der Waals surface area contributed by atoms with Gasteiger partial charge in [-0.05, 0) is 30.9 Å². The van der Waals surface area contributed by atoms with Crippen LogP contribution in [0.15, 0.2) is 18.3 Å². The molecule has 1 aliphatic rings. The van der Waals surface area contributed by atoms with Gasteiger partial charge in [0.15, 0.2) is 5.82 Å². The van der Waals surface area contributed by atoms with Crippen LogP contribution in [-0.2, 0) is 11.2 Å². The van der Waals surface area contributed by atoms with E-state index in [2.05, 4.69) is 29.9 Å². The van der Waals surface area contributed by atoms with Gasteiger partial charge in [0.2, 0.25) is 5.91 Å². The molecule has 0 radical (unpaired) electrons. The number of fused-ring (bicyclic) bond motifs is 1. The number of hydrogen-bond acceptors (Lipinski definition) is 3. The van der Waals surface area contributed by atoms with Crippen LogP contribution < -0.4 is 5.01 Å². The van der Waals surface area contributed by atoms with Gasteiger partial charge in [-0.1, -0.05) is 84.1 Å². The standard InChI is InChI=1S/C24H41N3O/c1-3-5-7-9-11-13-20-26(21-14-12-10-8-6-4-2)27-23(28)18-17-22-16-15-19-25-24(22)27/h15-16,19H,3-14,17-18,20-21H2,1-2H3. The Balaban J connectivity index is 1.93. The van der Waals surface area contributed by atoms with Crippen molar-refractivity contribution in [3.63, 3.8) is 0 Å². The molecule has 0 spiro atoms. The molecule has 0 N–H and O–H groups in total. The van der Waals surface area contributed by atoms with Gasteiger partial charge in [-0.15, -0.1) is 0 Å². The Morgan fingerprint density at radius 1 is 0.857 bits per heavy atom. The van der Waals surface area contributed by atoms with E-state index in [1.54, 1.807) is 0 Å². The number of nitrogens with zero attached hydrogens (tertiary/aromatic N) is 3. The van der Waals surface area contributed by atoms with Crippen LogP contribution in [0, 0.1) is 0 Å². The number of aromatic nitrogens is 1. The smallest absolute Gasteiger partial charge is 0.243 e. The van der Waals surface area contributed by atoms with E-state index in [-0.39, 0.29) is 5.91 Å². The van der Waals surface area contributed by atoms with Crippen molar-refractivity contribution in [2.45, 2.75) is 104 Å². The molecule has 0 saturated carbocycles. The average molecular weight is 388 g/mol. The number of aryl methyl sites for hydroxylation is 1. The third-order valence-corrected chi connectivity index (χ3v) is 5.73. The molecule has 1 aliphatic heterocycles. The molecule has 0 fully saturated rings. The van der Waals surface area contributed by atoms with Crippen LogP contribution in [0.4, 0.5) is 5.82 Å². The van der Waals surface area contributed by atoms with Gasteiger partial charge in [0.25, 0.3) is 0 Å². The maximum Gasteiger partial charge on any atom is 0.243 e. The van der Waals surface area contributed by atoms with Gasteiger partial charge < -0.3 is 0 Å². The number of hydrogen-bond donors (Lipinski definition) is 0. The fourth-order valence-electron chi connectivity index (χ4n) is 4.03. The molecule has 0 atom stereocenters. The van der Waals surface area contributed by atoms with Gasteiger partial charge in [0, 0.05) is 25.7 Å². The van der Waals surface area contributed by atoms with Gasteiger partial charge in [-0.25, -0.2) is 15.0 Å². The molecule has 1 aromatic heterocycles. The summed E-state index contributed by atoms with van der Waals surface area (Å²) in [4.78, 5) is 17.4. The molecule has 0 bridgehead atoms. The SMILES string of the molecule is CCCCCCCCN(CCCCCCCC)N1C(=O)CCc2cccnc21. The van der Waals surface area contributed by atoms with Crippen LogP contribution >= 0.6 is 0 Å². The molecule has 4 nitrogen and oxygen atoms in total. The van der Waals surface area contributed by atoms with Crippen molar-refractivity contribution in [2.75, 3.05) is 18.1 Å². The van der Waals surface area contributed by atoms with E-state index < -0.39 is 0 Å². The van der Waals surface area contributed by atoms with E-state index in [9.17, 15) is 4.79 Å². The summed E-state index contributed by atoms with van der Waals surface area (Å²) in [6, 6.07) is 4.11. The Morgan fingerprint density at radius 3 is 2.04 bits per heavy atom. The quantitative estimate of drug-likeness (QED) is 0.331. The Bertz CT molecular complexity index is 545. The predicted molar refractivity (Wildman–Crippen MR) is 118 cm³/mol. The lowest BCUT2D eigenvalue weighted by molar-refractivity contribution is -0.122. The number of amides is 1. The maximum absolute atomic E-state index is 12.8. The highest BCUT2D eigenvalue weighted by Crippen LogP contribution is 2.27. The highest BCUT2D eigenvalue weighted by Gasteiger charge is 2.29. The topological polar surface area (TPSA) is 36.4 Å². The monoisotopic (exact) mass is 387 g/mol. The van der Waals surface area contributed by atoms with Crippen molar-refractivity contribution in [1.29, 1.82) is 0 Å². The van der Waals surface area contributed by atoms with Crippen molar-refractivity contribution < 1.29 is 4.79 Å². The second-order valence-electron chi connectivity index (χ2n) is 8.18. The van der Waals surface area contributed by atoms with E-state index in [0.29, 0.717) is 6.42 Å². The van der Waals surface area contributed by atoms with Crippen molar-refractivity contribution in [3.05, 3.63) is 23.9 Å². The minimum Gasteiger partial charge on any atom is -0.273 e. The molecule has 4 heteroatoms. The number of unbranched alkanes of at least 4 members (excludes halogenated alkanes) is 10. The zero-order valence-electron chi connectivity index (χ0n) is 18.3. The van der Waals surface area contributed by atoms with Crippen LogP contribution in [-0.4, -0.2) is 29.0 Å². The lowest BCUT2D eigenvalue weighted by atomic mass is 10.1. The highest BCUT2D eigenvalue weighted by molar-refractivity contribution is 5.94. The summed E-state index contributed by atoms with van der Waals surface area (Å²) in [5, 5.41) is 4.21. The largest absolute Gasteiger partial charge is 0.273 e. The number of hydrazine groups is 1. The van der Waals surface area contributed by atoms with Crippen LogP contribution in [0.1, 0.15) is 103 Å². The lowest BCUT2D eigenvalue weighted by Gasteiger charge is -2.37. The fourth-order valence-corrected chi connectivity index (χ4v) is 4.03. The Hall–Kier alpha value is -1.42. The number of carbonyl (C=O) groups excluding carboxylic acids is 1. The third kappa shape index (κ3) is 7.54. The molecular weight excluding hydrogens is 346 g/mol. The molecule has 28 heavy (non-hydrogen) atoms. The van der Waals surface area contributed by atoms with Gasteiger partial charge in [0.1, 0.15) is 0 Å². The van der Waals surface area contributed by atoms with Crippen molar-refractivity contribution in [3.8, 4) is 0 Å². The number of rotatable bonds is 15. The zero-order valence-corrected chi connectivity index (χ0v) is 18.3. The first-order valence-corrected chi connectivity index (χ1v) is 11.8. The van der Waals surface area contributed by atoms with Gasteiger partial charge in [-0.3, -0.25) is 4.79 Å². The van der Waals surface area contributed by atoms with Crippen LogP contribution in [0.25, 0.3) is 0 Å². The average Bonchev–Trinajstić information content (AvgIpc) is 2.72. The lowest BCUT2D eigenvalue weighted by Crippen LogP contribution is -2.50. The molecule has 0 unspecified atom stereocenters. The van der Waals surface area contributed by atoms with E-state index in [4.69, 9.17) is 0 Å². The summed E-state index contributed by atoms with van der Waals surface area (Å²) in [6.45, 7) is 6.44. The summed E-state index contributed by atoms with van der Waals surface area (Å²) < 4.78 is 0. The molecule has 0 aromatic carbocycles. The fraction of sp³-hybridized carbons (Fsp3) is 0.750. The van der Waals surface area contributed by atoms with E-state index in [1.807, 2.05) is 17.3 Å². The number of pyridine rings is 1. The second-order valence-corrected chi connectivity index (χ2v) is 8.18. The zero-order chi connectivity index (χ0) is 20.0. The van der Waals surface area contributed by atoms with Crippen molar-refractivity contribution in [1.82, 2.24) is 9.99 Å². The molecule has 2 rings (SSSR count). The first-order valence-electron chi connectivity index (χ1n) is 11.8. The third-order valence-electron chi connectivity index (χ3n) is 5.73. The number of anilines is 1. The van der Waals surface area contributed by atoms with Gasteiger partial charge in [0.05, 0.1) is 0 Å². The molecule has 1 aromatic rings. The van der Waals surface area contributed by atoms with E-state index in [0.717, 1.165) is 38.2 Å². The Labute approximate surface area is 172 Å². The van der Waals surface area contributed by atoms with Crippen molar-refractivity contribution in [2.24, 2.45) is 0 Å². The van der Waals surface area contributed by atoms with Crippen LogP contribution in [0.2, 0.25) is 0 Å². The molecular formula is C24H41N3O. The predicted octanol–water partition coefficient (Wildman–Crippen LogP) is 6.30. The van der Waals surface area contributed by atoms with Gasteiger partial charge in [-0.2, -0.15) is 0 Å². The second kappa shape index (κ2) is 13.7. The van der Waals surface area contributed by atoms with Gasteiger partial charge >= 0.3 is 0 Å². The first-order chi connectivity index (χ1) is 13.8.